The van der Waals surface area contributed by atoms with Crippen LogP contribution >= 0.6 is 0 Å². The first-order valence-electron chi connectivity index (χ1n) is 5.99. The summed E-state index contributed by atoms with van der Waals surface area (Å²) in [6.07, 6.45) is 1.28. The normalized spacial score (nSPS) is 24.9. The number of piperazine rings is 1. The third kappa shape index (κ3) is 1.81. The molecular weight excluding hydrogens is 204 g/mol. The minimum Gasteiger partial charge on any atom is -0.340 e. The predicted octanol–water partition coefficient (Wildman–Crippen LogP) is 1.16. The molecule has 4 heteroatoms. The van der Waals surface area contributed by atoms with Crippen LogP contribution in [0.25, 0.3) is 0 Å². The maximum atomic E-state index is 12.3. The minimum absolute atomic E-state index is 0.0270. The van der Waals surface area contributed by atoms with Crippen LogP contribution in [-0.2, 0) is 9.59 Å². The second kappa shape index (κ2) is 4.44. The van der Waals surface area contributed by atoms with E-state index >= 15 is 0 Å². The van der Waals surface area contributed by atoms with Crippen LogP contribution < -0.4 is 5.32 Å². The third-order valence-electron chi connectivity index (χ3n) is 3.62. The molecule has 1 N–H and O–H groups in total. The molecule has 0 aromatic heterocycles. The SMILES string of the molecule is CCC1(CC)NC(=O)C(C(C)C)N(C)C1=O. The molecule has 0 saturated carbocycles. The van der Waals surface area contributed by atoms with Crippen LogP contribution in [0.5, 0.6) is 0 Å². The lowest BCUT2D eigenvalue weighted by atomic mass is 9.85. The maximum absolute atomic E-state index is 12.3. The zero-order valence-electron chi connectivity index (χ0n) is 10.8. The Morgan fingerprint density at radius 3 is 2.19 bits per heavy atom. The summed E-state index contributed by atoms with van der Waals surface area (Å²) in [6, 6.07) is -0.335. The molecule has 0 spiro atoms. The van der Waals surface area contributed by atoms with Crippen molar-refractivity contribution in [2.24, 2.45) is 5.92 Å². The Hall–Kier alpha value is -1.06. The predicted molar refractivity (Wildman–Crippen MR) is 62.9 cm³/mol. The lowest BCUT2D eigenvalue weighted by Crippen LogP contribution is -2.70. The molecule has 1 aliphatic rings. The van der Waals surface area contributed by atoms with Gasteiger partial charge in [0.05, 0.1) is 0 Å². The van der Waals surface area contributed by atoms with Crippen LogP contribution in [0, 0.1) is 5.92 Å². The van der Waals surface area contributed by atoms with Crippen molar-refractivity contribution >= 4 is 11.8 Å². The number of hydrogen-bond acceptors (Lipinski definition) is 2. The first-order valence-corrected chi connectivity index (χ1v) is 5.99. The fourth-order valence-corrected chi connectivity index (χ4v) is 2.48. The van der Waals surface area contributed by atoms with Gasteiger partial charge in [-0.1, -0.05) is 27.7 Å². The molecule has 1 atom stereocenters. The summed E-state index contributed by atoms with van der Waals surface area (Å²) in [5.74, 6) is 0.150. The maximum Gasteiger partial charge on any atom is 0.248 e. The molecule has 1 unspecified atom stereocenters. The number of nitrogens with zero attached hydrogens (tertiary/aromatic N) is 1. The standard InChI is InChI=1S/C12H22N2O2/c1-6-12(7-2)11(16)14(5)9(8(3)4)10(15)13-12/h8-9H,6-7H2,1-5H3,(H,13,15). The van der Waals surface area contributed by atoms with Crippen molar-refractivity contribution in [1.29, 1.82) is 0 Å². The molecule has 0 aromatic carbocycles. The van der Waals surface area contributed by atoms with Gasteiger partial charge in [0.2, 0.25) is 11.8 Å². The summed E-state index contributed by atoms with van der Waals surface area (Å²) in [5, 5.41) is 2.91. The Balaban J connectivity index is 3.04. The van der Waals surface area contributed by atoms with E-state index in [2.05, 4.69) is 5.32 Å². The number of hydrogen-bond donors (Lipinski definition) is 1. The van der Waals surface area contributed by atoms with Gasteiger partial charge in [0.15, 0.2) is 0 Å². The van der Waals surface area contributed by atoms with Crippen molar-refractivity contribution in [3.8, 4) is 0 Å². The van der Waals surface area contributed by atoms with E-state index in [4.69, 9.17) is 0 Å². The average Bonchev–Trinajstić information content (AvgIpc) is 2.23. The summed E-state index contributed by atoms with van der Waals surface area (Å²) in [4.78, 5) is 25.9. The van der Waals surface area contributed by atoms with E-state index in [0.717, 1.165) is 0 Å². The van der Waals surface area contributed by atoms with Crippen LogP contribution in [0.2, 0.25) is 0 Å². The molecule has 1 fully saturated rings. The second-order valence-electron chi connectivity index (χ2n) is 4.88. The van der Waals surface area contributed by atoms with Crippen LogP contribution in [0.15, 0.2) is 0 Å². The molecular formula is C12H22N2O2. The highest BCUT2D eigenvalue weighted by molar-refractivity contribution is 5.99. The molecule has 2 amide bonds. The molecule has 1 heterocycles. The van der Waals surface area contributed by atoms with Gasteiger partial charge in [0.25, 0.3) is 0 Å². The van der Waals surface area contributed by atoms with Crippen molar-refractivity contribution in [2.45, 2.75) is 52.1 Å². The van der Waals surface area contributed by atoms with Crippen LogP contribution in [0.4, 0.5) is 0 Å². The molecule has 0 radical (unpaired) electrons. The van der Waals surface area contributed by atoms with Gasteiger partial charge in [-0.25, -0.2) is 0 Å². The highest BCUT2D eigenvalue weighted by Crippen LogP contribution is 2.26. The number of carbonyl (C=O) groups excluding carboxylic acids is 2. The van der Waals surface area contributed by atoms with Crippen LogP contribution in [0.3, 0.4) is 0 Å². The zero-order chi connectivity index (χ0) is 12.5. The highest BCUT2D eigenvalue weighted by Gasteiger charge is 2.48. The Kier molecular flexibility index (Phi) is 3.61. The summed E-state index contributed by atoms with van der Waals surface area (Å²) in [7, 11) is 1.73. The molecule has 0 aliphatic carbocycles. The van der Waals surface area contributed by atoms with Gasteiger partial charge < -0.3 is 10.2 Å². The molecule has 0 aromatic rings. The Morgan fingerprint density at radius 1 is 1.31 bits per heavy atom. The first kappa shape index (κ1) is 13.0. The minimum atomic E-state index is -0.683. The van der Waals surface area contributed by atoms with Gasteiger partial charge in [-0.3, -0.25) is 9.59 Å². The largest absolute Gasteiger partial charge is 0.340 e. The van der Waals surface area contributed by atoms with Gasteiger partial charge in [0.1, 0.15) is 11.6 Å². The summed E-state index contributed by atoms with van der Waals surface area (Å²) in [6.45, 7) is 7.79. The van der Waals surface area contributed by atoms with Crippen molar-refractivity contribution < 1.29 is 9.59 Å². The van der Waals surface area contributed by atoms with E-state index in [0.29, 0.717) is 12.8 Å². The molecule has 1 saturated heterocycles. The van der Waals surface area contributed by atoms with E-state index < -0.39 is 5.54 Å². The molecule has 0 bridgehead atoms. The van der Waals surface area contributed by atoms with Crippen LogP contribution in [-0.4, -0.2) is 35.3 Å². The number of rotatable bonds is 3. The molecule has 4 nitrogen and oxygen atoms in total. The topological polar surface area (TPSA) is 49.4 Å². The van der Waals surface area contributed by atoms with E-state index in [1.165, 1.54) is 0 Å². The zero-order valence-corrected chi connectivity index (χ0v) is 10.8. The first-order chi connectivity index (χ1) is 7.39. The van der Waals surface area contributed by atoms with E-state index in [-0.39, 0.29) is 23.8 Å². The molecule has 1 rings (SSSR count). The van der Waals surface area contributed by atoms with Crippen molar-refractivity contribution in [3.05, 3.63) is 0 Å². The third-order valence-corrected chi connectivity index (χ3v) is 3.62. The van der Waals surface area contributed by atoms with E-state index in [1.807, 2.05) is 27.7 Å². The van der Waals surface area contributed by atoms with Crippen molar-refractivity contribution in [1.82, 2.24) is 10.2 Å². The quantitative estimate of drug-likeness (QED) is 0.785. The van der Waals surface area contributed by atoms with Gasteiger partial charge in [0, 0.05) is 7.05 Å². The summed E-state index contributed by atoms with van der Waals surface area (Å²) >= 11 is 0. The molecule has 92 valence electrons. The van der Waals surface area contributed by atoms with Gasteiger partial charge in [-0.15, -0.1) is 0 Å². The van der Waals surface area contributed by atoms with Crippen LogP contribution in [0.1, 0.15) is 40.5 Å². The van der Waals surface area contributed by atoms with Gasteiger partial charge >= 0.3 is 0 Å². The lowest BCUT2D eigenvalue weighted by Gasteiger charge is -2.45. The fraction of sp³-hybridized carbons (Fsp3) is 0.833. The van der Waals surface area contributed by atoms with Crippen molar-refractivity contribution in [2.75, 3.05) is 7.05 Å². The van der Waals surface area contributed by atoms with E-state index in [9.17, 15) is 9.59 Å². The fourth-order valence-electron chi connectivity index (χ4n) is 2.48. The Bertz CT molecular complexity index is 295. The van der Waals surface area contributed by atoms with Gasteiger partial charge in [-0.05, 0) is 18.8 Å². The number of amides is 2. The Morgan fingerprint density at radius 2 is 1.81 bits per heavy atom. The monoisotopic (exact) mass is 226 g/mol. The lowest BCUT2D eigenvalue weighted by molar-refractivity contribution is -0.155. The number of likely N-dealkylation sites (N-methyl/N-ethyl adjacent to an activating group) is 1. The highest BCUT2D eigenvalue weighted by atomic mass is 16.2. The second-order valence-corrected chi connectivity index (χ2v) is 4.88. The average molecular weight is 226 g/mol. The van der Waals surface area contributed by atoms with E-state index in [1.54, 1.807) is 11.9 Å². The van der Waals surface area contributed by atoms with Crippen molar-refractivity contribution in [3.63, 3.8) is 0 Å². The Labute approximate surface area is 97.4 Å². The summed E-state index contributed by atoms with van der Waals surface area (Å²) < 4.78 is 0. The molecule has 1 aliphatic heterocycles. The summed E-state index contributed by atoms with van der Waals surface area (Å²) in [5.41, 5.74) is -0.683. The van der Waals surface area contributed by atoms with Gasteiger partial charge in [-0.2, -0.15) is 0 Å². The smallest absolute Gasteiger partial charge is 0.248 e. The number of carbonyl (C=O) groups is 2. The number of nitrogens with one attached hydrogen (secondary N) is 1. The molecule has 16 heavy (non-hydrogen) atoms.